The lowest BCUT2D eigenvalue weighted by atomic mass is 10.0. The average Bonchev–Trinajstić information content (AvgIpc) is 2.69. The monoisotopic (exact) mass is 418 g/mol. The van der Waals surface area contributed by atoms with Crippen LogP contribution in [0.4, 0.5) is 0 Å². The summed E-state index contributed by atoms with van der Waals surface area (Å²) in [5.74, 6) is 0.530. The Labute approximate surface area is 183 Å². The van der Waals surface area contributed by atoms with Gasteiger partial charge in [0.05, 0.1) is 0 Å². The molecule has 160 valence electrons. The third-order valence-corrected chi connectivity index (χ3v) is 4.26. The van der Waals surface area contributed by atoms with Crippen LogP contribution in [0.2, 0.25) is 0 Å². The molecule has 5 heteroatoms. The number of benzene rings is 2. The molecule has 0 aromatic heterocycles. The molecular weight excluding hydrogens is 392 g/mol. The van der Waals surface area contributed by atoms with E-state index in [1.165, 1.54) is 0 Å². The van der Waals surface area contributed by atoms with E-state index in [1.807, 2.05) is 13.0 Å². The fourth-order valence-corrected chi connectivity index (χ4v) is 2.42. The van der Waals surface area contributed by atoms with Gasteiger partial charge in [-0.25, -0.2) is 9.59 Å². The van der Waals surface area contributed by atoms with Crippen molar-refractivity contribution in [2.24, 2.45) is 0 Å². The third-order valence-electron chi connectivity index (χ3n) is 4.26. The Kier molecular flexibility index (Phi) is 7.37. The van der Waals surface area contributed by atoms with Gasteiger partial charge in [0.25, 0.3) is 0 Å². The largest absolute Gasteiger partial charge is 0.458 e. The number of allylic oxidation sites excluding steroid dienone is 1. The minimum absolute atomic E-state index is 0.266. The van der Waals surface area contributed by atoms with E-state index >= 15 is 0 Å². The van der Waals surface area contributed by atoms with Crippen molar-refractivity contribution in [2.45, 2.75) is 27.7 Å². The highest BCUT2D eigenvalue weighted by atomic mass is 16.5. The molecule has 0 saturated carbocycles. The fraction of sp³-hybridized carbons (Fsp3) is 0.154. The Bertz CT molecular complexity index is 1100. The van der Waals surface area contributed by atoms with Crippen LogP contribution in [0.1, 0.15) is 26.3 Å². The minimum Gasteiger partial charge on any atom is -0.458 e. The summed E-state index contributed by atoms with van der Waals surface area (Å²) in [6, 6.07) is 10.4. The third kappa shape index (κ3) is 6.06. The Morgan fingerprint density at radius 1 is 0.710 bits per heavy atom. The van der Waals surface area contributed by atoms with Crippen molar-refractivity contribution in [1.82, 2.24) is 0 Å². The van der Waals surface area contributed by atoms with Crippen molar-refractivity contribution in [2.75, 3.05) is 0 Å². The molecule has 0 saturated heterocycles. The first-order valence-electron chi connectivity index (χ1n) is 9.52. The minimum atomic E-state index is -0.555. The maximum Gasteiger partial charge on any atom is 0.338 e. The van der Waals surface area contributed by atoms with E-state index in [2.05, 4.69) is 26.3 Å². The molecule has 0 aliphatic rings. The van der Waals surface area contributed by atoms with Gasteiger partial charge in [0.15, 0.2) is 0 Å². The molecule has 5 nitrogen and oxygen atoms in total. The molecule has 0 unspecified atom stereocenters. The Morgan fingerprint density at radius 2 is 1.29 bits per heavy atom. The van der Waals surface area contributed by atoms with Crippen LogP contribution in [0.5, 0.6) is 17.2 Å². The summed E-state index contributed by atoms with van der Waals surface area (Å²) in [6.45, 7) is 21.6. The Morgan fingerprint density at radius 3 is 1.81 bits per heavy atom. The van der Waals surface area contributed by atoms with Gasteiger partial charge in [0.1, 0.15) is 23.0 Å². The Balaban J connectivity index is 2.47. The van der Waals surface area contributed by atoms with Crippen molar-refractivity contribution in [3.05, 3.63) is 90.8 Å². The highest BCUT2D eigenvalue weighted by molar-refractivity contribution is 5.91. The summed E-state index contributed by atoms with van der Waals surface area (Å²) in [4.78, 5) is 24.0. The van der Waals surface area contributed by atoms with Gasteiger partial charge < -0.3 is 14.2 Å². The average molecular weight is 418 g/mol. The van der Waals surface area contributed by atoms with Gasteiger partial charge in [-0.15, -0.1) is 0 Å². The van der Waals surface area contributed by atoms with Crippen LogP contribution in [0, 0.1) is 6.92 Å². The topological polar surface area (TPSA) is 61.8 Å². The second kappa shape index (κ2) is 9.76. The van der Waals surface area contributed by atoms with Gasteiger partial charge in [-0.2, -0.15) is 0 Å². The van der Waals surface area contributed by atoms with E-state index < -0.39 is 11.9 Å². The van der Waals surface area contributed by atoms with E-state index in [4.69, 9.17) is 14.2 Å². The molecule has 2 aromatic rings. The molecule has 0 atom stereocenters. The number of hydrogen-bond donors (Lipinski definition) is 0. The maximum atomic E-state index is 12.2. The van der Waals surface area contributed by atoms with Crippen molar-refractivity contribution in [3.63, 3.8) is 0 Å². The number of esters is 2. The normalized spacial score (nSPS) is 10.1. The molecule has 0 N–H and O–H groups in total. The first-order chi connectivity index (χ1) is 14.5. The lowest BCUT2D eigenvalue weighted by molar-refractivity contribution is -0.131. The Hall–Kier alpha value is -3.86. The number of aryl methyl sites for hydroxylation is 1. The fourth-order valence-electron chi connectivity index (χ4n) is 2.42. The van der Waals surface area contributed by atoms with Crippen molar-refractivity contribution in [3.8, 4) is 28.4 Å². The molecule has 0 heterocycles. The first-order valence-corrected chi connectivity index (χ1v) is 9.52. The summed E-state index contributed by atoms with van der Waals surface area (Å²) in [5.41, 5.74) is 3.41. The number of carbonyl (C=O) groups is 2. The molecule has 0 radical (unpaired) electrons. The quantitative estimate of drug-likeness (QED) is 0.171. The zero-order chi connectivity index (χ0) is 23.3. The van der Waals surface area contributed by atoms with Gasteiger partial charge in [-0.05, 0) is 68.7 Å². The number of ether oxygens (including phenoxy) is 3. The van der Waals surface area contributed by atoms with E-state index in [9.17, 15) is 9.59 Å². The van der Waals surface area contributed by atoms with Gasteiger partial charge >= 0.3 is 11.9 Å². The molecule has 0 aliphatic carbocycles. The lowest BCUT2D eigenvalue weighted by Crippen LogP contribution is -2.10. The predicted molar refractivity (Wildman–Crippen MR) is 122 cm³/mol. The molecule has 2 aromatic carbocycles. The van der Waals surface area contributed by atoms with Crippen LogP contribution >= 0.6 is 0 Å². The molecule has 2 rings (SSSR count). The van der Waals surface area contributed by atoms with E-state index in [0.29, 0.717) is 39.7 Å². The summed E-state index contributed by atoms with van der Waals surface area (Å²) < 4.78 is 16.6. The second-order valence-corrected chi connectivity index (χ2v) is 7.28. The highest BCUT2D eigenvalue weighted by Crippen LogP contribution is 2.36. The van der Waals surface area contributed by atoms with Crippen LogP contribution in [-0.2, 0) is 9.59 Å². The van der Waals surface area contributed by atoms with Gasteiger partial charge in [0.2, 0.25) is 0 Å². The molecule has 0 spiro atoms. The van der Waals surface area contributed by atoms with Crippen molar-refractivity contribution in [1.29, 1.82) is 0 Å². The zero-order valence-electron chi connectivity index (χ0n) is 18.3. The summed E-state index contributed by atoms with van der Waals surface area (Å²) in [6.07, 6.45) is 0. The van der Waals surface area contributed by atoms with Gasteiger partial charge in [0, 0.05) is 22.8 Å². The van der Waals surface area contributed by atoms with Crippen LogP contribution in [0.25, 0.3) is 11.1 Å². The molecule has 0 fully saturated rings. The highest BCUT2D eigenvalue weighted by Gasteiger charge is 2.16. The predicted octanol–water partition coefficient (Wildman–Crippen LogP) is 6.09. The molecule has 0 amide bonds. The van der Waals surface area contributed by atoms with Gasteiger partial charge in [-0.3, -0.25) is 0 Å². The number of rotatable bonds is 8. The number of hydrogen-bond acceptors (Lipinski definition) is 5. The summed E-state index contributed by atoms with van der Waals surface area (Å²) in [5, 5.41) is 0. The molecule has 31 heavy (non-hydrogen) atoms. The van der Waals surface area contributed by atoms with Crippen LogP contribution in [0.3, 0.4) is 0 Å². The molecule has 0 bridgehead atoms. The second-order valence-electron chi connectivity index (χ2n) is 7.28. The summed E-state index contributed by atoms with van der Waals surface area (Å²) >= 11 is 0. The van der Waals surface area contributed by atoms with Crippen molar-refractivity contribution < 1.29 is 23.8 Å². The summed E-state index contributed by atoms with van der Waals surface area (Å²) in [7, 11) is 0. The first kappa shape index (κ1) is 23.4. The molecular formula is C26H26O5. The van der Waals surface area contributed by atoms with Crippen molar-refractivity contribution >= 4 is 11.9 Å². The maximum absolute atomic E-state index is 12.2. The van der Waals surface area contributed by atoms with E-state index in [1.54, 1.807) is 51.1 Å². The van der Waals surface area contributed by atoms with Gasteiger partial charge in [-0.1, -0.05) is 32.4 Å². The standard InChI is InChI=1S/C26H26O5/c1-15(2)19(8)29-21-10-11-22(24(14-21)31-26(28)17(5)6)20-9-12-23(18(7)13-20)30-25(27)16(3)4/h9-14H,1,3,5,8H2,2,4,6-7H3. The SMILES string of the molecule is C=C(C)C(=C)Oc1ccc(-c2ccc(OC(=O)C(=C)C)c(C)c2)c(OC(=O)C(=C)C)c1. The molecule has 0 aliphatic heterocycles. The van der Waals surface area contributed by atoms with Crippen LogP contribution in [-0.4, -0.2) is 11.9 Å². The number of carbonyl (C=O) groups excluding carboxylic acids is 2. The smallest absolute Gasteiger partial charge is 0.338 e. The van der Waals surface area contributed by atoms with E-state index in [-0.39, 0.29) is 5.57 Å². The van der Waals surface area contributed by atoms with Crippen LogP contribution in [0.15, 0.2) is 85.2 Å². The zero-order valence-corrected chi connectivity index (χ0v) is 18.3. The van der Waals surface area contributed by atoms with E-state index in [0.717, 1.165) is 11.1 Å². The van der Waals surface area contributed by atoms with Crippen LogP contribution < -0.4 is 14.2 Å². The lowest BCUT2D eigenvalue weighted by Gasteiger charge is -2.15.